The average Bonchev–Trinajstić information content (AvgIpc) is 2.69. The quantitative estimate of drug-likeness (QED) is 0.649. The van der Waals surface area contributed by atoms with Crippen LogP contribution in [0, 0.1) is 6.92 Å². The Balaban J connectivity index is 1.82. The molecule has 0 atom stereocenters. The fourth-order valence-electron chi connectivity index (χ4n) is 2.57. The van der Waals surface area contributed by atoms with Gasteiger partial charge >= 0.3 is 0 Å². The van der Waals surface area contributed by atoms with Crippen LogP contribution in [0.4, 0.5) is 11.4 Å². The summed E-state index contributed by atoms with van der Waals surface area (Å²) >= 11 is 0. The third-order valence-corrected chi connectivity index (χ3v) is 5.45. The maximum absolute atomic E-state index is 12.6. The van der Waals surface area contributed by atoms with Gasteiger partial charge in [-0.2, -0.15) is 0 Å². The van der Waals surface area contributed by atoms with Crippen LogP contribution in [0.15, 0.2) is 77.7 Å². The second-order valence-corrected chi connectivity index (χ2v) is 8.00. The SMILES string of the molecule is Cc1ccc(NC(=O)c2cccc(S(=O)(=O)Nc3cccc(C(=O)[O-])c3)c2)cc1. The number of carbonyl (C=O) groups excluding carboxylic acids is 2. The molecule has 0 fully saturated rings. The Hall–Kier alpha value is -3.65. The number of amides is 1. The largest absolute Gasteiger partial charge is 0.545 e. The van der Waals surface area contributed by atoms with Crippen molar-refractivity contribution in [2.75, 3.05) is 10.0 Å². The fraction of sp³-hybridized carbons (Fsp3) is 0.0476. The van der Waals surface area contributed by atoms with E-state index in [0.29, 0.717) is 5.69 Å². The van der Waals surface area contributed by atoms with Gasteiger partial charge in [-0.1, -0.05) is 35.9 Å². The van der Waals surface area contributed by atoms with Crippen molar-refractivity contribution in [1.82, 2.24) is 0 Å². The van der Waals surface area contributed by atoms with Crippen molar-refractivity contribution in [3.8, 4) is 0 Å². The summed E-state index contributed by atoms with van der Waals surface area (Å²) in [7, 11) is -4.03. The summed E-state index contributed by atoms with van der Waals surface area (Å²) in [6.45, 7) is 1.93. The van der Waals surface area contributed by atoms with Gasteiger partial charge in [0.2, 0.25) is 0 Å². The molecule has 8 heteroatoms. The zero-order valence-electron chi connectivity index (χ0n) is 15.4. The van der Waals surface area contributed by atoms with Crippen molar-refractivity contribution in [2.24, 2.45) is 0 Å². The van der Waals surface area contributed by atoms with Crippen LogP contribution in [0.3, 0.4) is 0 Å². The predicted molar refractivity (Wildman–Crippen MR) is 107 cm³/mol. The molecular formula is C21H17N2O5S-. The molecule has 0 radical (unpaired) electrons. The highest BCUT2D eigenvalue weighted by Gasteiger charge is 2.17. The van der Waals surface area contributed by atoms with Crippen LogP contribution in [-0.2, 0) is 10.0 Å². The first-order valence-corrected chi connectivity index (χ1v) is 10.1. The molecule has 0 bridgehead atoms. The Bertz CT molecular complexity index is 1170. The fourth-order valence-corrected chi connectivity index (χ4v) is 3.66. The minimum atomic E-state index is -4.03. The molecule has 0 unspecified atom stereocenters. The number of benzene rings is 3. The number of nitrogens with one attached hydrogen (secondary N) is 2. The number of rotatable bonds is 6. The number of hydrogen-bond acceptors (Lipinski definition) is 5. The van der Waals surface area contributed by atoms with E-state index in [0.717, 1.165) is 11.6 Å². The summed E-state index contributed by atoms with van der Waals surface area (Å²) in [5.41, 5.74) is 1.71. The minimum Gasteiger partial charge on any atom is -0.545 e. The molecule has 0 spiro atoms. The summed E-state index contributed by atoms with van der Waals surface area (Å²) in [5, 5.41) is 13.7. The summed E-state index contributed by atoms with van der Waals surface area (Å²) in [6, 6.07) is 18.0. The summed E-state index contributed by atoms with van der Waals surface area (Å²) in [4.78, 5) is 23.3. The number of carboxylic acids is 1. The van der Waals surface area contributed by atoms with Crippen LogP contribution in [0.1, 0.15) is 26.3 Å². The normalized spacial score (nSPS) is 10.9. The molecule has 148 valence electrons. The zero-order chi connectivity index (χ0) is 21.0. The Kier molecular flexibility index (Phi) is 5.65. The van der Waals surface area contributed by atoms with E-state index in [1.54, 1.807) is 12.1 Å². The van der Waals surface area contributed by atoms with E-state index in [1.165, 1.54) is 42.5 Å². The second-order valence-electron chi connectivity index (χ2n) is 6.32. The molecule has 0 aliphatic heterocycles. The van der Waals surface area contributed by atoms with Gasteiger partial charge in [0.25, 0.3) is 15.9 Å². The van der Waals surface area contributed by atoms with Gasteiger partial charge in [-0.3, -0.25) is 9.52 Å². The van der Waals surface area contributed by atoms with Crippen LogP contribution in [0.5, 0.6) is 0 Å². The molecule has 3 aromatic carbocycles. The number of sulfonamides is 1. The summed E-state index contributed by atoms with van der Waals surface area (Å²) in [6.07, 6.45) is 0. The summed E-state index contributed by atoms with van der Waals surface area (Å²) < 4.78 is 27.6. The summed E-state index contributed by atoms with van der Waals surface area (Å²) in [5.74, 6) is -1.87. The Morgan fingerprint density at radius 3 is 2.17 bits per heavy atom. The lowest BCUT2D eigenvalue weighted by Crippen LogP contribution is -2.22. The Morgan fingerprint density at radius 2 is 1.48 bits per heavy atom. The third kappa shape index (κ3) is 4.99. The van der Waals surface area contributed by atoms with E-state index in [9.17, 15) is 23.1 Å². The lowest BCUT2D eigenvalue weighted by atomic mass is 10.2. The molecule has 0 aliphatic carbocycles. The van der Waals surface area contributed by atoms with Crippen LogP contribution in [-0.4, -0.2) is 20.3 Å². The maximum atomic E-state index is 12.6. The topological polar surface area (TPSA) is 115 Å². The standard InChI is InChI=1S/C21H18N2O5S/c1-14-8-10-17(11-9-14)22-20(24)15-4-3-7-19(13-15)29(27,28)23-18-6-2-5-16(12-18)21(25)26/h2-13,23H,1H3,(H,22,24)(H,25,26)/p-1. The molecule has 0 saturated heterocycles. The van der Waals surface area contributed by atoms with Crippen molar-refractivity contribution >= 4 is 33.3 Å². The van der Waals surface area contributed by atoms with Gasteiger partial charge < -0.3 is 15.2 Å². The van der Waals surface area contributed by atoms with Gasteiger partial charge in [0, 0.05) is 16.9 Å². The first-order valence-electron chi connectivity index (χ1n) is 8.57. The van der Waals surface area contributed by atoms with E-state index in [2.05, 4.69) is 10.0 Å². The molecule has 0 aliphatic rings. The molecule has 0 saturated carbocycles. The van der Waals surface area contributed by atoms with Gasteiger partial charge in [-0.15, -0.1) is 0 Å². The molecule has 7 nitrogen and oxygen atoms in total. The molecule has 29 heavy (non-hydrogen) atoms. The van der Waals surface area contributed by atoms with Crippen LogP contribution in [0.2, 0.25) is 0 Å². The Morgan fingerprint density at radius 1 is 0.828 bits per heavy atom. The molecule has 0 aromatic heterocycles. The van der Waals surface area contributed by atoms with E-state index in [4.69, 9.17) is 0 Å². The molecule has 3 aromatic rings. The van der Waals surface area contributed by atoms with Crippen LogP contribution < -0.4 is 15.1 Å². The van der Waals surface area contributed by atoms with Crippen molar-refractivity contribution < 1.29 is 23.1 Å². The van der Waals surface area contributed by atoms with Gasteiger partial charge in [0.1, 0.15) is 0 Å². The number of carboxylic acid groups (broad SMARTS) is 1. The van der Waals surface area contributed by atoms with Gasteiger partial charge in [0.05, 0.1) is 10.9 Å². The van der Waals surface area contributed by atoms with Gasteiger partial charge in [0.15, 0.2) is 0 Å². The smallest absolute Gasteiger partial charge is 0.261 e. The van der Waals surface area contributed by atoms with Crippen molar-refractivity contribution in [1.29, 1.82) is 0 Å². The highest BCUT2D eigenvalue weighted by atomic mass is 32.2. The number of carbonyl (C=O) groups is 2. The van der Waals surface area contributed by atoms with Crippen molar-refractivity contribution in [2.45, 2.75) is 11.8 Å². The number of hydrogen-bond donors (Lipinski definition) is 2. The molecular weight excluding hydrogens is 392 g/mol. The highest BCUT2D eigenvalue weighted by Crippen LogP contribution is 2.19. The van der Waals surface area contributed by atoms with E-state index in [1.807, 2.05) is 19.1 Å². The lowest BCUT2D eigenvalue weighted by molar-refractivity contribution is -0.255. The van der Waals surface area contributed by atoms with Gasteiger partial charge in [-0.05, 0) is 55.0 Å². The van der Waals surface area contributed by atoms with E-state index < -0.39 is 21.9 Å². The second kappa shape index (κ2) is 8.15. The number of anilines is 2. The van der Waals surface area contributed by atoms with E-state index >= 15 is 0 Å². The molecule has 3 rings (SSSR count). The van der Waals surface area contributed by atoms with Gasteiger partial charge in [-0.25, -0.2) is 8.42 Å². The van der Waals surface area contributed by atoms with Crippen molar-refractivity contribution in [3.63, 3.8) is 0 Å². The lowest BCUT2D eigenvalue weighted by Gasteiger charge is -2.11. The molecule has 0 heterocycles. The first kappa shape index (κ1) is 20.1. The Labute approximate surface area is 168 Å². The number of aromatic carboxylic acids is 1. The zero-order valence-corrected chi connectivity index (χ0v) is 16.2. The third-order valence-electron chi connectivity index (χ3n) is 4.07. The minimum absolute atomic E-state index is 0.0706. The van der Waals surface area contributed by atoms with Crippen LogP contribution in [0.25, 0.3) is 0 Å². The predicted octanol–water partition coefficient (Wildman–Crippen LogP) is 2.41. The molecule has 1 amide bonds. The van der Waals surface area contributed by atoms with Crippen molar-refractivity contribution in [3.05, 3.63) is 89.5 Å². The molecule has 2 N–H and O–H groups in total. The monoisotopic (exact) mass is 409 g/mol. The first-order chi connectivity index (χ1) is 13.7. The average molecular weight is 409 g/mol. The highest BCUT2D eigenvalue weighted by molar-refractivity contribution is 7.92. The maximum Gasteiger partial charge on any atom is 0.261 e. The van der Waals surface area contributed by atoms with Crippen LogP contribution >= 0.6 is 0 Å². The number of aryl methyl sites for hydroxylation is 1. The van der Waals surface area contributed by atoms with E-state index in [-0.39, 0.29) is 21.7 Å².